The van der Waals surface area contributed by atoms with Gasteiger partial charge in [-0.2, -0.15) is 5.10 Å². The van der Waals surface area contributed by atoms with Crippen LogP contribution in [0.4, 0.5) is 35.3 Å². The highest BCUT2D eigenvalue weighted by atomic mass is 35.5. The maximum atomic E-state index is 15.4. The van der Waals surface area contributed by atoms with E-state index in [1.165, 1.54) is 23.3 Å². The first kappa shape index (κ1) is 26.2. The molecule has 0 saturated carbocycles. The molecule has 200 valence electrons. The molecule has 0 unspecified atom stereocenters. The van der Waals surface area contributed by atoms with Gasteiger partial charge >= 0.3 is 12.6 Å². The molecule has 0 spiro atoms. The van der Waals surface area contributed by atoms with Crippen molar-refractivity contribution < 1.29 is 27.5 Å². The number of hydrogen-bond donors (Lipinski definition) is 2. The molecule has 13 heteroatoms. The van der Waals surface area contributed by atoms with E-state index < -0.39 is 24.4 Å². The van der Waals surface area contributed by atoms with Crippen molar-refractivity contribution in [3.63, 3.8) is 0 Å². The summed E-state index contributed by atoms with van der Waals surface area (Å²) in [5.41, 5.74) is 2.17. The van der Waals surface area contributed by atoms with Gasteiger partial charge in [-0.25, -0.2) is 22.9 Å². The van der Waals surface area contributed by atoms with Gasteiger partial charge < -0.3 is 10.1 Å². The van der Waals surface area contributed by atoms with Crippen molar-refractivity contribution in [3.05, 3.63) is 65.5 Å². The fourth-order valence-corrected chi connectivity index (χ4v) is 4.63. The maximum Gasteiger partial charge on any atom is 0.419 e. The Morgan fingerprint density at radius 2 is 2.00 bits per heavy atom. The van der Waals surface area contributed by atoms with Gasteiger partial charge in [-0.1, -0.05) is 18.2 Å². The highest BCUT2D eigenvalue weighted by Crippen LogP contribution is 2.38. The number of carbonyl (C=O) groups is 2. The van der Waals surface area contributed by atoms with Crippen LogP contribution in [0.5, 0.6) is 0 Å². The zero-order valence-electron chi connectivity index (χ0n) is 20.4. The Morgan fingerprint density at radius 3 is 2.77 bits per heavy atom. The van der Waals surface area contributed by atoms with Crippen LogP contribution in [0, 0.1) is 12.7 Å². The Labute approximate surface area is 224 Å². The second kappa shape index (κ2) is 10.0. The van der Waals surface area contributed by atoms with E-state index in [4.69, 9.17) is 11.6 Å². The van der Waals surface area contributed by atoms with E-state index in [0.717, 1.165) is 0 Å². The number of rotatable bonds is 5. The van der Waals surface area contributed by atoms with Gasteiger partial charge in [0.15, 0.2) is 5.82 Å². The van der Waals surface area contributed by atoms with Gasteiger partial charge in [-0.05, 0) is 42.0 Å². The summed E-state index contributed by atoms with van der Waals surface area (Å²) in [7, 11) is 0. The quantitative estimate of drug-likeness (QED) is 0.214. The molecule has 4 heterocycles. The minimum Gasteiger partial charge on any atom is -0.378 e. The van der Waals surface area contributed by atoms with E-state index in [-0.39, 0.29) is 35.6 Å². The number of anilines is 3. The molecule has 0 saturated heterocycles. The molecule has 5 rings (SSSR count). The minimum atomic E-state index is -2.90. The number of carbonyl (C=O) groups excluding carboxylic acids is 2. The first-order valence-electron chi connectivity index (χ1n) is 11.6. The van der Waals surface area contributed by atoms with Crippen molar-refractivity contribution in [2.45, 2.75) is 32.2 Å². The van der Waals surface area contributed by atoms with Gasteiger partial charge in [0.2, 0.25) is 0 Å². The zero-order chi connectivity index (χ0) is 27.9. The summed E-state index contributed by atoms with van der Waals surface area (Å²) in [6.07, 6.45) is 2.97. The number of halogens is 4. The van der Waals surface area contributed by atoms with Gasteiger partial charge in [0.05, 0.1) is 22.6 Å². The Bertz CT molecular complexity index is 1660. The summed E-state index contributed by atoms with van der Waals surface area (Å²) in [6, 6.07) is 4.79. The number of nitrogens with zero attached hydrogens (tertiary/aromatic N) is 4. The number of aromatic nitrogens is 4. The molecule has 9 nitrogen and oxygen atoms in total. The Balaban J connectivity index is 1.51. The number of ether oxygens (including phenoxy) is 1. The summed E-state index contributed by atoms with van der Waals surface area (Å²) < 4.78 is 49.1. The predicted octanol–water partition coefficient (Wildman–Crippen LogP) is 6.49. The molecule has 1 aliphatic rings. The number of nitrogens with one attached hydrogen (secondary N) is 2. The Kier molecular flexibility index (Phi) is 6.73. The third-order valence-electron chi connectivity index (χ3n) is 6.37. The smallest absolute Gasteiger partial charge is 0.378 e. The van der Waals surface area contributed by atoms with Gasteiger partial charge in [0.1, 0.15) is 18.2 Å². The third kappa shape index (κ3) is 5.15. The van der Waals surface area contributed by atoms with Crippen molar-refractivity contribution in [1.82, 2.24) is 19.7 Å². The highest BCUT2D eigenvalue weighted by Gasteiger charge is 2.34. The third-order valence-corrected chi connectivity index (χ3v) is 6.74. The van der Waals surface area contributed by atoms with Crippen molar-refractivity contribution in [1.29, 1.82) is 0 Å². The van der Waals surface area contributed by atoms with E-state index >= 15 is 4.39 Å². The average Bonchev–Trinajstić information content (AvgIpc) is 3.23. The number of pyridine rings is 2. The van der Waals surface area contributed by atoms with Crippen LogP contribution in [-0.4, -0.2) is 38.2 Å². The van der Waals surface area contributed by atoms with Gasteiger partial charge in [-0.3, -0.25) is 19.8 Å². The molecule has 0 bridgehead atoms. The monoisotopic (exact) mass is 556 g/mol. The molecular weight excluding hydrogens is 537 g/mol. The largest absolute Gasteiger partial charge is 0.419 e. The van der Waals surface area contributed by atoms with Crippen LogP contribution >= 0.6 is 11.6 Å². The van der Waals surface area contributed by atoms with Crippen molar-refractivity contribution >= 4 is 57.8 Å². The number of hydrogen-bond acceptors (Lipinski definition) is 7. The zero-order valence-corrected chi connectivity index (χ0v) is 21.2. The van der Waals surface area contributed by atoms with Crippen molar-refractivity contribution in [2.24, 2.45) is 0 Å². The predicted molar refractivity (Wildman–Crippen MR) is 140 cm³/mol. The standard InChI is InChI=1S/C26H20ClF3N6O3/c1-13-3-4-26(29,30)11-36-20(13)7-22(35-36)34-21-6-15-5-16(24(28)23(27)18(15)9-32-21)17-8-31-10-19(14(17)2)33-25(38)39-12-37/h5-10,12H,1,3-4,11H2,2H3,(H,33,38)(H,32,34,35). The number of benzene rings is 1. The lowest BCUT2D eigenvalue weighted by molar-refractivity contribution is -0.122. The lowest BCUT2D eigenvalue weighted by Gasteiger charge is -2.14. The molecule has 39 heavy (non-hydrogen) atoms. The lowest BCUT2D eigenvalue weighted by Crippen LogP contribution is -2.23. The SMILES string of the molecule is C=C1CCC(F)(F)Cn2nc(Nc3cc4cc(-c5cncc(NC(=O)OC=O)c5C)c(F)c(Cl)c4cn3)cc21. The lowest BCUT2D eigenvalue weighted by atomic mass is 9.98. The Morgan fingerprint density at radius 1 is 1.21 bits per heavy atom. The summed E-state index contributed by atoms with van der Waals surface area (Å²) in [4.78, 5) is 30.4. The fraction of sp³-hybridized carbons (Fsp3) is 0.192. The fourth-order valence-electron chi connectivity index (χ4n) is 4.37. The molecule has 2 N–H and O–H groups in total. The second-order valence-corrected chi connectivity index (χ2v) is 9.36. The number of fused-ring (bicyclic) bond motifs is 2. The van der Waals surface area contributed by atoms with Crippen LogP contribution in [0.1, 0.15) is 24.1 Å². The highest BCUT2D eigenvalue weighted by molar-refractivity contribution is 6.36. The van der Waals surface area contributed by atoms with Crippen molar-refractivity contribution in [2.75, 3.05) is 10.6 Å². The molecule has 3 aromatic heterocycles. The van der Waals surface area contributed by atoms with Crippen molar-refractivity contribution in [3.8, 4) is 11.1 Å². The normalized spacial score (nSPS) is 14.4. The molecule has 4 aromatic rings. The minimum absolute atomic E-state index is 0.0176. The number of alkyl halides is 2. The van der Waals surface area contributed by atoms with E-state index in [1.807, 2.05) is 0 Å². The van der Waals surface area contributed by atoms with Gasteiger partial charge in [-0.15, -0.1) is 0 Å². The second-order valence-electron chi connectivity index (χ2n) is 8.99. The number of allylic oxidation sites excluding steroid dienone is 1. The summed E-state index contributed by atoms with van der Waals surface area (Å²) in [5, 5.41) is 10.3. The van der Waals surface area contributed by atoms with E-state index in [9.17, 15) is 18.4 Å². The van der Waals surface area contributed by atoms with Gasteiger partial charge in [0.25, 0.3) is 5.92 Å². The summed E-state index contributed by atoms with van der Waals surface area (Å²) in [5.74, 6) is -3.00. The molecule has 0 radical (unpaired) electrons. The molecule has 0 atom stereocenters. The van der Waals surface area contributed by atoms with Crippen LogP contribution in [0.15, 0.2) is 43.4 Å². The molecule has 1 amide bonds. The van der Waals surface area contributed by atoms with E-state index in [1.54, 1.807) is 25.1 Å². The van der Waals surface area contributed by atoms with Crippen LogP contribution in [-0.2, 0) is 16.1 Å². The van der Waals surface area contributed by atoms with Crippen LogP contribution in [0.3, 0.4) is 0 Å². The Hall–Kier alpha value is -4.45. The summed E-state index contributed by atoms with van der Waals surface area (Å²) >= 11 is 6.36. The molecule has 0 fully saturated rings. The van der Waals surface area contributed by atoms with Crippen LogP contribution < -0.4 is 10.6 Å². The molecule has 1 aliphatic heterocycles. The van der Waals surface area contributed by atoms with Crippen LogP contribution in [0.25, 0.3) is 27.5 Å². The average molecular weight is 557 g/mol. The van der Waals surface area contributed by atoms with E-state index in [2.05, 4.69) is 37.0 Å². The van der Waals surface area contributed by atoms with E-state index in [0.29, 0.717) is 44.8 Å². The number of amides is 1. The maximum absolute atomic E-state index is 15.4. The topological polar surface area (TPSA) is 111 Å². The molecule has 1 aromatic carbocycles. The van der Waals surface area contributed by atoms with Gasteiger partial charge in [0, 0.05) is 41.4 Å². The first-order valence-corrected chi connectivity index (χ1v) is 12.0. The summed E-state index contributed by atoms with van der Waals surface area (Å²) in [6.45, 7) is 4.96. The van der Waals surface area contributed by atoms with Crippen LogP contribution in [0.2, 0.25) is 5.02 Å². The molecule has 0 aliphatic carbocycles. The first-order chi connectivity index (χ1) is 18.6. The molecular formula is C26H20ClF3N6O3.